The first-order valence-electron chi connectivity index (χ1n) is 7.98. The van der Waals surface area contributed by atoms with E-state index >= 15 is 0 Å². The van der Waals surface area contributed by atoms with Crippen LogP contribution in [-0.4, -0.2) is 24.7 Å². The number of rotatable bonds is 5. The van der Waals surface area contributed by atoms with E-state index in [1.54, 1.807) is 20.2 Å². The van der Waals surface area contributed by atoms with Crippen LogP contribution in [-0.2, 0) is 22.5 Å². The predicted molar refractivity (Wildman–Crippen MR) is 89.7 cm³/mol. The molecule has 0 aliphatic heterocycles. The Bertz CT molecular complexity index is 775. The minimum absolute atomic E-state index is 0.0928. The fraction of sp³-hybridized carbons (Fsp3) is 0.471. The third kappa shape index (κ3) is 3.19. The van der Waals surface area contributed by atoms with E-state index in [1.165, 1.54) is 10.2 Å². The van der Waals surface area contributed by atoms with Crippen molar-refractivity contribution in [2.75, 3.05) is 6.54 Å². The molecule has 1 aliphatic rings. The van der Waals surface area contributed by atoms with Gasteiger partial charge in [0.1, 0.15) is 4.90 Å². The fourth-order valence-electron chi connectivity index (χ4n) is 3.56. The molecule has 124 valence electrons. The summed E-state index contributed by atoms with van der Waals surface area (Å²) in [5.41, 5.74) is 1.66. The van der Waals surface area contributed by atoms with Crippen LogP contribution >= 0.6 is 0 Å². The molecule has 1 heterocycles. The summed E-state index contributed by atoms with van der Waals surface area (Å²) in [6.45, 7) is 2.16. The number of aryl methyl sites for hydroxylation is 2. The maximum absolute atomic E-state index is 12.6. The first-order chi connectivity index (χ1) is 10.9. The van der Waals surface area contributed by atoms with E-state index in [-0.39, 0.29) is 10.3 Å². The van der Waals surface area contributed by atoms with Gasteiger partial charge in [0.15, 0.2) is 0 Å². The Kier molecular flexibility index (Phi) is 4.29. The molecule has 5 nitrogen and oxygen atoms in total. The molecule has 0 unspecified atom stereocenters. The van der Waals surface area contributed by atoms with Crippen molar-refractivity contribution < 1.29 is 8.42 Å². The van der Waals surface area contributed by atoms with Crippen molar-refractivity contribution in [3.05, 3.63) is 47.8 Å². The maximum Gasteiger partial charge on any atom is 0.243 e. The normalized spacial score (nSPS) is 17.5. The molecule has 1 saturated carbocycles. The Labute approximate surface area is 137 Å². The van der Waals surface area contributed by atoms with Crippen molar-refractivity contribution in [2.24, 2.45) is 7.05 Å². The van der Waals surface area contributed by atoms with Crippen LogP contribution in [0, 0.1) is 6.92 Å². The lowest BCUT2D eigenvalue weighted by molar-refractivity contribution is 0.432. The zero-order valence-electron chi connectivity index (χ0n) is 13.6. The van der Waals surface area contributed by atoms with E-state index in [0.29, 0.717) is 12.2 Å². The molecular formula is C17H23N3O2S. The second-order valence-electron chi connectivity index (χ2n) is 6.43. The molecule has 1 N–H and O–H groups in total. The topological polar surface area (TPSA) is 64.0 Å². The molecule has 2 aromatic rings. The van der Waals surface area contributed by atoms with Crippen LogP contribution in [0.15, 0.2) is 41.4 Å². The largest absolute Gasteiger partial charge is 0.274 e. The second-order valence-corrected chi connectivity index (χ2v) is 8.17. The van der Waals surface area contributed by atoms with Gasteiger partial charge in [-0.05, 0) is 25.3 Å². The summed E-state index contributed by atoms with van der Waals surface area (Å²) < 4.78 is 29.6. The smallest absolute Gasteiger partial charge is 0.243 e. The molecule has 1 aromatic carbocycles. The third-order valence-electron chi connectivity index (χ3n) is 4.81. The van der Waals surface area contributed by atoms with Gasteiger partial charge in [0, 0.05) is 25.2 Å². The standard InChI is InChI=1S/C17H23N3O2S/c1-14-16(12-20(2)19-14)23(21,22)18-13-17(10-6-7-11-17)15-8-4-3-5-9-15/h3-5,8-9,12,18H,6-7,10-11,13H2,1-2H3. The molecule has 0 amide bonds. The molecule has 0 bridgehead atoms. The average molecular weight is 333 g/mol. The average Bonchev–Trinajstić information content (AvgIpc) is 3.14. The van der Waals surface area contributed by atoms with Crippen molar-refractivity contribution in [1.29, 1.82) is 0 Å². The van der Waals surface area contributed by atoms with Gasteiger partial charge in [0.25, 0.3) is 0 Å². The van der Waals surface area contributed by atoms with E-state index < -0.39 is 10.0 Å². The van der Waals surface area contributed by atoms with Crippen LogP contribution in [0.5, 0.6) is 0 Å². The van der Waals surface area contributed by atoms with Gasteiger partial charge in [-0.15, -0.1) is 0 Å². The third-order valence-corrected chi connectivity index (χ3v) is 6.31. The van der Waals surface area contributed by atoms with Crippen LogP contribution in [0.4, 0.5) is 0 Å². The van der Waals surface area contributed by atoms with Crippen LogP contribution in [0.3, 0.4) is 0 Å². The first-order valence-corrected chi connectivity index (χ1v) is 9.47. The Morgan fingerprint density at radius 2 is 1.87 bits per heavy atom. The summed E-state index contributed by atoms with van der Waals surface area (Å²) in [5, 5.41) is 4.13. The van der Waals surface area contributed by atoms with E-state index in [4.69, 9.17) is 0 Å². The molecule has 0 spiro atoms. The molecule has 0 saturated heterocycles. The van der Waals surface area contributed by atoms with E-state index in [1.807, 2.05) is 18.2 Å². The van der Waals surface area contributed by atoms with Crippen LogP contribution in [0.2, 0.25) is 0 Å². The second kappa shape index (κ2) is 6.09. The quantitative estimate of drug-likeness (QED) is 0.914. The highest BCUT2D eigenvalue weighted by molar-refractivity contribution is 7.89. The Morgan fingerprint density at radius 3 is 2.43 bits per heavy atom. The number of nitrogens with zero attached hydrogens (tertiary/aromatic N) is 2. The van der Waals surface area contributed by atoms with E-state index in [9.17, 15) is 8.42 Å². The number of aromatic nitrogens is 2. The highest BCUT2D eigenvalue weighted by Crippen LogP contribution is 2.40. The van der Waals surface area contributed by atoms with Crippen LogP contribution in [0.25, 0.3) is 0 Å². The van der Waals surface area contributed by atoms with Crippen molar-refractivity contribution in [2.45, 2.75) is 42.9 Å². The first kappa shape index (κ1) is 16.2. The summed E-state index contributed by atoms with van der Waals surface area (Å²) in [6.07, 6.45) is 5.88. The Morgan fingerprint density at radius 1 is 1.22 bits per heavy atom. The minimum Gasteiger partial charge on any atom is -0.274 e. The molecule has 1 fully saturated rings. The molecule has 1 aromatic heterocycles. The highest BCUT2D eigenvalue weighted by atomic mass is 32.2. The highest BCUT2D eigenvalue weighted by Gasteiger charge is 2.37. The molecule has 1 aliphatic carbocycles. The van der Waals surface area contributed by atoms with Crippen LogP contribution < -0.4 is 4.72 Å². The zero-order chi connectivity index (χ0) is 16.5. The number of sulfonamides is 1. The summed E-state index contributed by atoms with van der Waals surface area (Å²) in [7, 11) is -1.81. The number of benzene rings is 1. The number of hydrogen-bond acceptors (Lipinski definition) is 3. The summed E-state index contributed by atoms with van der Waals surface area (Å²) >= 11 is 0. The van der Waals surface area contributed by atoms with Gasteiger partial charge in [-0.25, -0.2) is 13.1 Å². The van der Waals surface area contributed by atoms with E-state index in [2.05, 4.69) is 22.0 Å². The summed E-state index contributed by atoms with van der Waals surface area (Å²) in [6, 6.07) is 10.3. The van der Waals surface area contributed by atoms with Gasteiger partial charge in [-0.2, -0.15) is 5.10 Å². The lowest BCUT2D eigenvalue weighted by Gasteiger charge is -2.29. The van der Waals surface area contributed by atoms with E-state index in [0.717, 1.165) is 25.7 Å². The molecule has 6 heteroatoms. The molecule has 3 rings (SSSR count). The molecule has 0 atom stereocenters. The molecular weight excluding hydrogens is 310 g/mol. The van der Waals surface area contributed by atoms with Gasteiger partial charge in [0.2, 0.25) is 10.0 Å². The Balaban J connectivity index is 1.84. The minimum atomic E-state index is -3.54. The monoisotopic (exact) mass is 333 g/mol. The lowest BCUT2D eigenvalue weighted by atomic mass is 9.79. The zero-order valence-corrected chi connectivity index (χ0v) is 14.4. The molecule has 23 heavy (non-hydrogen) atoms. The van der Waals surface area contributed by atoms with Crippen molar-refractivity contribution in [3.63, 3.8) is 0 Å². The SMILES string of the molecule is Cc1nn(C)cc1S(=O)(=O)NCC1(c2ccccc2)CCCC1. The summed E-state index contributed by atoms with van der Waals surface area (Å²) in [4.78, 5) is 0.265. The van der Waals surface area contributed by atoms with Gasteiger partial charge in [0.05, 0.1) is 5.69 Å². The number of nitrogens with one attached hydrogen (secondary N) is 1. The maximum atomic E-state index is 12.6. The van der Waals surface area contributed by atoms with Crippen LogP contribution in [0.1, 0.15) is 36.9 Å². The lowest BCUT2D eigenvalue weighted by Crippen LogP contribution is -2.39. The van der Waals surface area contributed by atoms with Gasteiger partial charge >= 0.3 is 0 Å². The number of hydrogen-bond donors (Lipinski definition) is 1. The van der Waals surface area contributed by atoms with Crippen molar-refractivity contribution in [1.82, 2.24) is 14.5 Å². The molecule has 0 radical (unpaired) electrons. The van der Waals surface area contributed by atoms with Gasteiger partial charge in [-0.3, -0.25) is 4.68 Å². The Hall–Kier alpha value is -1.66. The summed E-state index contributed by atoms with van der Waals surface area (Å²) in [5.74, 6) is 0. The van der Waals surface area contributed by atoms with Crippen molar-refractivity contribution >= 4 is 10.0 Å². The van der Waals surface area contributed by atoms with Gasteiger partial charge in [-0.1, -0.05) is 43.2 Å². The van der Waals surface area contributed by atoms with Crippen molar-refractivity contribution in [3.8, 4) is 0 Å². The fourth-order valence-corrected chi connectivity index (χ4v) is 4.91. The van der Waals surface area contributed by atoms with Gasteiger partial charge < -0.3 is 0 Å². The predicted octanol–water partition coefficient (Wildman–Crippen LogP) is 2.52.